The largest absolute Gasteiger partial charge is 0.486 e. The molecule has 4 aliphatic heterocycles. The lowest BCUT2D eigenvalue weighted by Gasteiger charge is -2.43. The zero-order chi connectivity index (χ0) is 40.7. The van der Waals surface area contributed by atoms with Gasteiger partial charge in [0, 0.05) is 53.2 Å². The predicted molar refractivity (Wildman–Crippen MR) is 249 cm³/mol. The van der Waals surface area contributed by atoms with Gasteiger partial charge in [0.25, 0.3) is 6.71 Å². The Morgan fingerprint density at radius 1 is 0.458 bits per heavy atom. The molecule has 0 bridgehead atoms. The van der Waals surface area contributed by atoms with Gasteiger partial charge in [-0.3, -0.25) is 0 Å². The second kappa shape index (κ2) is 12.7. The van der Waals surface area contributed by atoms with Crippen LogP contribution in [0.1, 0.15) is 79.0 Å². The second-order valence-electron chi connectivity index (χ2n) is 19.5. The van der Waals surface area contributed by atoms with Crippen molar-refractivity contribution in [3.63, 3.8) is 0 Å². The van der Waals surface area contributed by atoms with Crippen LogP contribution in [0.4, 0.5) is 34.1 Å². The van der Waals surface area contributed by atoms with Crippen LogP contribution in [-0.2, 0) is 16.2 Å². The van der Waals surface area contributed by atoms with Crippen molar-refractivity contribution in [2.75, 3.05) is 36.2 Å². The summed E-state index contributed by atoms with van der Waals surface area (Å²) in [6, 6.07) is 32.2. The van der Waals surface area contributed by atoms with Crippen LogP contribution in [-0.4, -0.2) is 33.1 Å². The predicted octanol–water partition coefficient (Wildman–Crippen LogP) is 11.6. The van der Waals surface area contributed by atoms with Crippen LogP contribution in [0.5, 0.6) is 23.0 Å². The van der Waals surface area contributed by atoms with Crippen molar-refractivity contribution in [2.45, 2.75) is 78.6 Å². The molecule has 9 heteroatoms. The molecule has 0 saturated heterocycles. The Morgan fingerprint density at radius 2 is 0.864 bits per heavy atom. The minimum absolute atomic E-state index is 0.0115. The Bertz CT molecular complexity index is 2710. The SMILES string of the molecule is CC(C)(C)c1cc2c3c(c1)N(c1ccc4c(c1)OCCO4)c1c(sc4ccc(C(C)(C)C)cc14)B3c1sc3ccc(C(C)(C)C)cc3c1N2c1ccc2c(c1)OCCO2. The molecule has 0 radical (unpaired) electrons. The molecular formula is C50H49BN2O4S2. The first-order valence-corrected chi connectivity index (χ1v) is 22.5. The molecule has 7 aromatic rings. The number of nitrogens with zero attached hydrogens (tertiary/aromatic N) is 2. The molecule has 0 atom stereocenters. The molecule has 0 spiro atoms. The van der Waals surface area contributed by atoms with E-state index >= 15 is 0 Å². The zero-order valence-electron chi connectivity index (χ0n) is 35.3. The number of fused-ring (bicyclic) bond motifs is 10. The number of anilines is 6. The van der Waals surface area contributed by atoms with Crippen molar-refractivity contribution >= 4 is 98.7 Å². The van der Waals surface area contributed by atoms with Gasteiger partial charge in [-0.25, -0.2) is 0 Å². The van der Waals surface area contributed by atoms with E-state index in [4.69, 9.17) is 18.9 Å². The summed E-state index contributed by atoms with van der Waals surface area (Å²) in [5, 5.41) is 2.57. The van der Waals surface area contributed by atoms with E-state index in [2.05, 4.69) is 157 Å². The van der Waals surface area contributed by atoms with Crippen LogP contribution in [0.15, 0.2) is 84.9 Å². The van der Waals surface area contributed by atoms with Crippen molar-refractivity contribution in [3.05, 3.63) is 102 Å². The maximum Gasteiger partial charge on any atom is 0.277 e. The van der Waals surface area contributed by atoms with Crippen LogP contribution >= 0.6 is 22.7 Å². The maximum atomic E-state index is 6.28. The summed E-state index contributed by atoms with van der Waals surface area (Å²) in [6.45, 7) is 23.0. The van der Waals surface area contributed by atoms with E-state index in [-0.39, 0.29) is 23.0 Å². The average molecular weight is 817 g/mol. The van der Waals surface area contributed by atoms with Gasteiger partial charge in [0.2, 0.25) is 0 Å². The summed E-state index contributed by atoms with van der Waals surface area (Å²) in [4.78, 5) is 5.09. The summed E-state index contributed by atoms with van der Waals surface area (Å²) >= 11 is 3.89. The number of hydrogen-bond acceptors (Lipinski definition) is 8. The molecule has 4 aliphatic rings. The third kappa shape index (κ3) is 5.71. The molecule has 5 aromatic carbocycles. The number of rotatable bonds is 2. The first-order valence-electron chi connectivity index (χ1n) is 20.9. The normalized spacial score (nSPS) is 15.7. The van der Waals surface area contributed by atoms with E-state index < -0.39 is 0 Å². The number of hydrogen-bond donors (Lipinski definition) is 0. The highest BCUT2D eigenvalue weighted by Gasteiger charge is 2.48. The molecule has 59 heavy (non-hydrogen) atoms. The van der Waals surface area contributed by atoms with Gasteiger partial charge in [0.1, 0.15) is 26.4 Å². The molecule has 0 N–H and O–H groups in total. The highest BCUT2D eigenvalue weighted by molar-refractivity contribution is 7.40. The molecule has 298 valence electrons. The summed E-state index contributed by atoms with van der Waals surface area (Å²) in [5.74, 6) is 3.15. The fourth-order valence-corrected chi connectivity index (χ4v) is 11.9. The quantitative estimate of drug-likeness (QED) is 0.162. The van der Waals surface area contributed by atoms with Gasteiger partial charge in [-0.1, -0.05) is 74.4 Å². The minimum Gasteiger partial charge on any atom is -0.486 e. The molecule has 0 amide bonds. The minimum atomic E-state index is -0.148. The van der Waals surface area contributed by atoms with Crippen LogP contribution in [0.3, 0.4) is 0 Å². The van der Waals surface area contributed by atoms with Gasteiger partial charge >= 0.3 is 0 Å². The highest BCUT2D eigenvalue weighted by atomic mass is 32.1. The van der Waals surface area contributed by atoms with Crippen molar-refractivity contribution in [1.29, 1.82) is 0 Å². The fraction of sp³-hybridized carbons (Fsp3) is 0.320. The van der Waals surface area contributed by atoms with Crippen LogP contribution < -0.4 is 43.8 Å². The van der Waals surface area contributed by atoms with Gasteiger partial charge in [-0.15, -0.1) is 22.7 Å². The van der Waals surface area contributed by atoms with Crippen LogP contribution in [0.2, 0.25) is 0 Å². The first-order chi connectivity index (χ1) is 28.1. The number of ether oxygens (including phenoxy) is 4. The molecule has 11 rings (SSSR count). The van der Waals surface area contributed by atoms with E-state index in [0.29, 0.717) is 26.4 Å². The Labute approximate surface area is 355 Å². The Hall–Kier alpha value is -5.12. The molecule has 2 aromatic heterocycles. The Kier molecular flexibility index (Phi) is 7.95. The Balaban J connectivity index is 1.28. The van der Waals surface area contributed by atoms with Gasteiger partial charge in [0.15, 0.2) is 23.0 Å². The third-order valence-corrected chi connectivity index (χ3v) is 14.9. The van der Waals surface area contributed by atoms with E-state index in [1.54, 1.807) is 0 Å². The molecule has 0 saturated carbocycles. The van der Waals surface area contributed by atoms with Gasteiger partial charge in [-0.2, -0.15) is 0 Å². The topological polar surface area (TPSA) is 43.4 Å². The van der Waals surface area contributed by atoms with Crippen molar-refractivity contribution < 1.29 is 18.9 Å². The smallest absolute Gasteiger partial charge is 0.277 e. The molecule has 0 aliphatic carbocycles. The number of thiophene rings is 2. The lowest BCUT2D eigenvalue weighted by atomic mass is 9.39. The van der Waals surface area contributed by atoms with Gasteiger partial charge < -0.3 is 28.7 Å². The molecule has 0 unspecified atom stereocenters. The van der Waals surface area contributed by atoms with Crippen molar-refractivity contribution in [1.82, 2.24) is 0 Å². The fourth-order valence-electron chi connectivity index (χ4n) is 9.22. The lowest BCUT2D eigenvalue weighted by Crippen LogP contribution is -2.59. The monoisotopic (exact) mass is 816 g/mol. The van der Waals surface area contributed by atoms with Crippen molar-refractivity contribution in [3.8, 4) is 23.0 Å². The van der Waals surface area contributed by atoms with Crippen LogP contribution in [0, 0.1) is 0 Å². The van der Waals surface area contributed by atoms with Gasteiger partial charge in [-0.05, 0) is 99.1 Å². The zero-order valence-corrected chi connectivity index (χ0v) is 37.0. The van der Waals surface area contributed by atoms with E-state index in [1.807, 2.05) is 22.7 Å². The highest BCUT2D eigenvalue weighted by Crippen LogP contribution is 2.53. The third-order valence-electron chi connectivity index (χ3n) is 12.4. The standard InChI is InChI=1S/C50H49BN2O4S2/c1-48(2,3)28-10-16-41-33(22-28)44-46(58-41)51-43-35(52(44)31-12-14-37-39(26-31)56-20-18-54-37)24-30(50(7,8)9)25-36(43)53(32-13-15-38-40(27-32)57-21-19-55-38)45-34-23-29(49(4,5)6)11-17-42(34)59-47(45)51/h10-17,22-27H,18-21H2,1-9H3. The molecule has 6 heterocycles. The molecular weight excluding hydrogens is 768 g/mol. The average Bonchev–Trinajstić information content (AvgIpc) is 3.77. The van der Waals surface area contributed by atoms with E-state index in [0.717, 1.165) is 34.4 Å². The van der Waals surface area contributed by atoms with Crippen molar-refractivity contribution in [2.24, 2.45) is 0 Å². The van der Waals surface area contributed by atoms with Crippen LogP contribution in [0.25, 0.3) is 20.2 Å². The van der Waals surface area contributed by atoms with Gasteiger partial charge in [0.05, 0.1) is 22.7 Å². The lowest BCUT2D eigenvalue weighted by molar-refractivity contribution is 0.171. The summed E-state index contributed by atoms with van der Waals surface area (Å²) in [6.07, 6.45) is 0. The summed E-state index contributed by atoms with van der Waals surface area (Å²) in [5.41, 5.74) is 12.1. The second-order valence-corrected chi connectivity index (χ2v) is 21.7. The maximum absolute atomic E-state index is 6.28. The summed E-state index contributed by atoms with van der Waals surface area (Å²) < 4.78 is 30.0. The molecule has 0 fully saturated rings. The Morgan fingerprint density at radius 3 is 1.27 bits per heavy atom. The van der Waals surface area contributed by atoms with E-state index in [9.17, 15) is 0 Å². The molecule has 6 nitrogen and oxygen atoms in total. The van der Waals surface area contributed by atoms with E-state index in [1.165, 1.54) is 74.6 Å². The number of benzene rings is 5. The summed E-state index contributed by atoms with van der Waals surface area (Å²) in [7, 11) is 0. The first kappa shape index (κ1) is 36.9.